The van der Waals surface area contributed by atoms with Gasteiger partial charge in [0.15, 0.2) is 0 Å². The molecule has 0 aliphatic heterocycles. The highest BCUT2D eigenvalue weighted by molar-refractivity contribution is 5.86. The van der Waals surface area contributed by atoms with Crippen LogP contribution in [0.4, 0.5) is 0 Å². The van der Waals surface area contributed by atoms with Crippen LogP contribution in [0.15, 0.2) is 24.3 Å². The zero-order chi connectivity index (χ0) is 22.1. The SMILES string of the molecule is C1CCCCC1.C=C(C)C(=O)OCCCCCCCCC=CCCCCCCCC. The quantitative estimate of drug-likeness (QED) is 0.101. The third-order valence-corrected chi connectivity index (χ3v) is 5.74. The lowest BCUT2D eigenvalue weighted by Crippen LogP contribution is -2.05. The Labute approximate surface area is 188 Å². The Bertz CT molecular complexity index is 395. The molecule has 0 aromatic rings. The molecule has 2 nitrogen and oxygen atoms in total. The van der Waals surface area contributed by atoms with Gasteiger partial charge in [0, 0.05) is 5.57 Å². The zero-order valence-electron chi connectivity index (χ0n) is 20.5. The van der Waals surface area contributed by atoms with E-state index in [9.17, 15) is 4.79 Å². The predicted octanol–water partition coefficient (Wildman–Crippen LogP) is 9.48. The molecular formula is C28H52O2. The number of hydrogen-bond donors (Lipinski definition) is 0. The molecule has 0 bridgehead atoms. The molecule has 30 heavy (non-hydrogen) atoms. The summed E-state index contributed by atoms with van der Waals surface area (Å²) >= 11 is 0. The highest BCUT2D eigenvalue weighted by atomic mass is 16.5. The summed E-state index contributed by atoms with van der Waals surface area (Å²) in [5, 5.41) is 0. The predicted molar refractivity (Wildman–Crippen MR) is 133 cm³/mol. The van der Waals surface area contributed by atoms with E-state index in [4.69, 9.17) is 4.74 Å². The maximum atomic E-state index is 11.2. The van der Waals surface area contributed by atoms with Crippen LogP contribution in [0.5, 0.6) is 0 Å². The van der Waals surface area contributed by atoms with Crippen LogP contribution in [-0.2, 0) is 9.53 Å². The number of carbonyl (C=O) groups excluding carboxylic acids is 1. The van der Waals surface area contributed by atoms with E-state index in [2.05, 4.69) is 25.7 Å². The van der Waals surface area contributed by atoms with Gasteiger partial charge in [0.05, 0.1) is 6.61 Å². The van der Waals surface area contributed by atoms with Crippen molar-refractivity contribution in [3.05, 3.63) is 24.3 Å². The van der Waals surface area contributed by atoms with Crippen LogP contribution in [-0.4, -0.2) is 12.6 Å². The molecule has 0 radical (unpaired) electrons. The standard InChI is InChI=1S/C22H40O2.C6H12/c1-4-5-6-7-8-9-10-11-12-13-14-15-16-17-18-19-20-24-22(23)21(2)3;1-2-4-6-5-3-1/h11-12H,2,4-10,13-20H2,1,3H3;1-6H2. The molecule has 0 saturated heterocycles. The molecule has 0 N–H and O–H groups in total. The van der Waals surface area contributed by atoms with Gasteiger partial charge in [0.2, 0.25) is 0 Å². The molecule has 0 aromatic heterocycles. The minimum Gasteiger partial charge on any atom is -0.462 e. The highest BCUT2D eigenvalue weighted by Crippen LogP contribution is 2.15. The first-order chi connectivity index (χ1) is 14.7. The first-order valence-electron chi connectivity index (χ1n) is 13.2. The topological polar surface area (TPSA) is 26.3 Å². The van der Waals surface area contributed by atoms with Gasteiger partial charge < -0.3 is 4.74 Å². The summed E-state index contributed by atoms with van der Waals surface area (Å²) in [6.45, 7) is 8.06. The van der Waals surface area contributed by atoms with Gasteiger partial charge in [-0.25, -0.2) is 4.79 Å². The largest absolute Gasteiger partial charge is 0.462 e. The number of unbranched alkanes of at least 4 members (excludes halogenated alkanes) is 12. The normalized spacial score (nSPS) is 13.7. The van der Waals surface area contributed by atoms with Gasteiger partial charge in [-0.15, -0.1) is 0 Å². The van der Waals surface area contributed by atoms with Crippen LogP contribution in [0.3, 0.4) is 0 Å². The lowest BCUT2D eigenvalue weighted by molar-refractivity contribution is -0.139. The Morgan fingerprint density at radius 1 is 0.700 bits per heavy atom. The fraction of sp³-hybridized carbons (Fsp3) is 0.821. The average Bonchev–Trinajstić information content (AvgIpc) is 2.77. The van der Waals surface area contributed by atoms with Crippen LogP contribution in [0.2, 0.25) is 0 Å². The molecule has 176 valence electrons. The summed E-state index contributed by atoms with van der Waals surface area (Å²) < 4.78 is 5.07. The Kier molecular flexibility index (Phi) is 23.4. The van der Waals surface area contributed by atoms with Gasteiger partial charge in [-0.1, -0.05) is 122 Å². The van der Waals surface area contributed by atoms with Crippen molar-refractivity contribution in [1.29, 1.82) is 0 Å². The number of carbonyl (C=O) groups is 1. The first kappa shape index (κ1) is 28.9. The number of esters is 1. The summed E-state index contributed by atoms with van der Waals surface area (Å²) in [4.78, 5) is 11.2. The molecule has 0 atom stereocenters. The van der Waals surface area contributed by atoms with Gasteiger partial charge in [0.1, 0.15) is 0 Å². The van der Waals surface area contributed by atoms with Crippen molar-refractivity contribution in [2.75, 3.05) is 6.61 Å². The second kappa shape index (κ2) is 24.2. The molecule has 0 unspecified atom stereocenters. The van der Waals surface area contributed by atoms with Crippen LogP contribution >= 0.6 is 0 Å². The molecule has 2 heteroatoms. The second-order valence-corrected chi connectivity index (χ2v) is 8.98. The van der Waals surface area contributed by atoms with E-state index in [-0.39, 0.29) is 5.97 Å². The Balaban J connectivity index is 0.00000118. The summed E-state index contributed by atoms with van der Waals surface area (Å²) in [5.74, 6) is -0.261. The van der Waals surface area contributed by atoms with E-state index in [1.54, 1.807) is 6.92 Å². The van der Waals surface area contributed by atoms with Gasteiger partial charge >= 0.3 is 5.97 Å². The maximum Gasteiger partial charge on any atom is 0.333 e. The van der Waals surface area contributed by atoms with Gasteiger partial charge in [-0.2, -0.15) is 0 Å². The van der Waals surface area contributed by atoms with E-state index < -0.39 is 0 Å². The van der Waals surface area contributed by atoms with Crippen molar-refractivity contribution in [1.82, 2.24) is 0 Å². The molecule has 0 aromatic carbocycles. The first-order valence-corrected chi connectivity index (χ1v) is 13.2. The van der Waals surface area contributed by atoms with Crippen molar-refractivity contribution in [2.24, 2.45) is 0 Å². The number of allylic oxidation sites excluding steroid dienone is 2. The van der Waals surface area contributed by atoms with E-state index in [1.165, 1.54) is 116 Å². The molecule has 1 aliphatic rings. The van der Waals surface area contributed by atoms with Gasteiger partial charge in [-0.3, -0.25) is 0 Å². The molecule has 1 fully saturated rings. The molecule has 1 saturated carbocycles. The molecule has 1 rings (SSSR count). The average molecular weight is 421 g/mol. The summed E-state index contributed by atoms with van der Waals surface area (Å²) in [6, 6.07) is 0. The van der Waals surface area contributed by atoms with Crippen LogP contribution < -0.4 is 0 Å². The van der Waals surface area contributed by atoms with Crippen molar-refractivity contribution in [3.63, 3.8) is 0 Å². The number of rotatable bonds is 17. The zero-order valence-corrected chi connectivity index (χ0v) is 20.5. The summed E-state index contributed by atoms with van der Waals surface area (Å²) in [5.41, 5.74) is 0.486. The van der Waals surface area contributed by atoms with Gasteiger partial charge in [-0.05, 0) is 39.0 Å². The lowest BCUT2D eigenvalue weighted by atomic mass is 10.0. The minimum atomic E-state index is -0.261. The Morgan fingerprint density at radius 2 is 1.10 bits per heavy atom. The minimum absolute atomic E-state index is 0.261. The highest BCUT2D eigenvalue weighted by Gasteiger charge is 2.01. The van der Waals surface area contributed by atoms with Crippen molar-refractivity contribution in [2.45, 2.75) is 142 Å². The summed E-state index contributed by atoms with van der Waals surface area (Å²) in [6.07, 6.45) is 31.8. The third-order valence-electron chi connectivity index (χ3n) is 5.74. The fourth-order valence-corrected chi connectivity index (χ4v) is 3.70. The van der Waals surface area contributed by atoms with E-state index in [1.807, 2.05) is 0 Å². The summed E-state index contributed by atoms with van der Waals surface area (Å²) in [7, 11) is 0. The van der Waals surface area contributed by atoms with Crippen LogP contribution in [0.25, 0.3) is 0 Å². The smallest absolute Gasteiger partial charge is 0.333 e. The maximum absolute atomic E-state index is 11.2. The van der Waals surface area contributed by atoms with Crippen molar-refractivity contribution in [3.8, 4) is 0 Å². The van der Waals surface area contributed by atoms with E-state index >= 15 is 0 Å². The molecule has 1 aliphatic carbocycles. The Hall–Kier alpha value is -1.05. The number of hydrogen-bond acceptors (Lipinski definition) is 2. The van der Waals surface area contributed by atoms with Crippen molar-refractivity contribution >= 4 is 5.97 Å². The van der Waals surface area contributed by atoms with E-state index in [0.29, 0.717) is 12.2 Å². The fourth-order valence-electron chi connectivity index (χ4n) is 3.70. The molecular weight excluding hydrogens is 368 g/mol. The van der Waals surface area contributed by atoms with Crippen LogP contribution in [0.1, 0.15) is 142 Å². The van der Waals surface area contributed by atoms with Crippen LogP contribution in [0, 0.1) is 0 Å². The number of ether oxygens (including phenoxy) is 1. The van der Waals surface area contributed by atoms with E-state index in [0.717, 1.165) is 12.8 Å². The lowest BCUT2D eigenvalue weighted by Gasteiger charge is -2.05. The molecule has 0 heterocycles. The second-order valence-electron chi connectivity index (χ2n) is 8.98. The Morgan fingerprint density at radius 3 is 1.53 bits per heavy atom. The van der Waals surface area contributed by atoms with Crippen molar-refractivity contribution < 1.29 is 9.53 Å². The monoisotopic (exact) mass is 420 g/mol. The molecule has 0 amide bonds. The third kappa shape index (κ3) is 23.2. The van der Waals surface area contributed by atoms with Gasteiger partial charge in [0.25, 0.3) is 0 Å². The molecule has 0 spiro atoms.